The van der Waals surface area contributed by atoms with Crippen molar-refractivity contribution in [2.75, 3.05) is 24.7 Å². The molecule has 1 aromatic heterocycles. The highest BCUT2D eigenvalue weighted by Crippen LogP contribution is 2.16. The molecule has 1 aromatic rings. The van der Waals surface area contributed by atoms with Crippen LogP contribution >= 0.6 is 0 Å². The lowest BCUT2D eigenvalue weighted by atomic mass is 10.2. The minimum Gasteiger partial charge on any atom is -0.369 e. The van der Waals surface area contributed by atoms with Crippen LogP contribution in [0, 0.1) is 0 Å². The Balaban J connectivity index is 2.27. The summed E-state index contributed by atoms with van der Waals surface area (Å²) < 4.78 is 5.14. The van der Waals surface area contributed by atoms with Gasteiger partial charge < -0.3 is 10.5 Å². The number of morpholine rings is 1. The summed E-state index contributed by atoms with van der Waals surface area (Å²) in [6, 6.07) is 5.34. The van der Waals surface area contributed by atoms with Gasteiger partial charge in [0.05, 0.1) is 12.6 Å². The van der Waals surface area contributed by atoms with Crippen molar-refractivity contribution in [3.63, 3.8) is 0 Å². The minimum atomic E-state index is -0.110. The molecule has 80 valence electrons. The fourth-order valence-electron chi connectivity index (χ4n) is 1.61. The van der Waals surface area contributed by atoms with E-state index in [0.717, 1.165) is 0 Å². The summed E-state index contributed by atoms with van der Waals surface area (Å²) in [5.74, 6) is 0.552. The Morgan fingerprint density at radius 1 is 1.60 bits per heavy atom. The highest BCUT2D eigenvalue weighted by molar-refractivity contribution is 5.94. The van der Waals surface area contributed by atoms with Gasteiger partial charge in [-0.25, -0.2) is 4.98 Å². The summed E-state index contributed by atoms with van der Waals surface area (Å²) in [7, 11) is 0. The largest absolute Gasteiger partial charge is 0.369 e. The monoisotopic (exact) mass is 207 g/mol. The summed E-state index contributed by atoms with van der Waals surface area (Å²) in [6.07, 6.45) is 1.66. The predicted octanol–water partition coefficient (Wildman–Crippen LogP) is -0.228. The van der Waals surface area contributed by atoms with Crippen LogP contribution in [-0.4, -0.2) is 36.7 Å². The molecule has 1 saturated heterocycles. The molecule has 1 atom stereocenters. The first-order chi connectivity index (χ1) is 7.33. The van der Waals surface area contributed by atoms with Crippen LogP contribution in [0.2, 0.25) is 0 Å². The number of ether oxygens (including phenoxy) is 1. The molecule has 5 heteroatoms. The number of aromatic nitrogens is 1. The number of rotatable bonds is 2. The number of carbonyl (C=O) groups excluding carboxylic acids is 1. The number of nitrogens with two attached hydrogens (primary N) is 1. The summed E-state index contributed by atoms with van der Waals surface area (Å²) in [4.78, 5) is 17.4. The molecule has 1 fully saturated rings. The maximum absolute atomic E-state index is 11.7. The van der Waals surface area contributed by atoms with Gasteiger partial charge in [-0.05, 0) is 12.1 Å². The quantitative estimate of drug-likeness (QED) is 0.727. The van der Waals surface area contributed by atoms with Gasteiger partial charge in [0.15, 0.2) is 0 Å². The summed E-state index contributed by atoms with van der Waals surface area (Å²) >= 11 is 0. The van der Waals surface area contributed by atoms with Crippen LogP contribution in [0.3, 0.4) is 0 Å². The smallest absolute Gasteiger partial charge is 0.254 e. The van der Waals surface area contributed by atoms with E-state index in [1.807, 2.05) is 12.1 Å². The fraction of sp³-hybridized carbons (Fsp3) is 0.400. The van der Waals surface area contributed by atoms with Crippen LogP contribution in [0.4, 0.5) is 5.82 Å². The molecular formula is C10H13N3O2. The maximum Gasteiger partial charge on any atom is 0.254 e. The lowest BCUT2D eigenvalue weighted by molar-refractivity contribution is -0.127. The molecule has 2 heterocycles. The van der Waals surface area contributed by atoms with Crippen molar-refractivity contribution in [2.24, 2.45) is 5.73 Å². The molecule has 2 N–H and O–H groups in total. The summed E-state index contributed by atoms with van der Waals surface area (Å²) in [5, 5.41) is 0. The average molecular weight is 207 g/mol. The van der Waals surface area contributed by atoms with Crippen molar-refractivity contribution < 1.29 is 9.53 Å². The number of pyridine rings is 1. The molecule has 0 radical (unpaired) electrons. The number of hydrogen-bond donors (Lipinski definition) is 1. The minimum absolute atomic E-state index is 0.0876. The first-order valence-electron chi connectivity index (χ1n) is 4.84. The second-order valence-electron chi connectivity index (χ2n) is 3.36. The zero-order valence-corrected chi connectivity index (χ0v) is 8.30. The SMILES string of the molecule is NCC1COCC(=O)N1c1ccccn1. The van der Waals surface area contributed by atoms with Gasteiger partial charge in [0.2, 0.25) is 0 Å². The second kappa shape index (κ2) is 4.37. The molecule has 2 rings (SSSR count). The summed E-state index contributed by atoms with van der Waals surface area (Å²) in [6.45, 7) is 0.953. The molecular weight excluding hydrogens is 194 g/mol. The van der Waals surface area contributed by atoms with E-state index in [1.165, 1.54) is 0 Å². The Bertz CT molecular complexity index is 342. The zero-order valence-electron chi connectivity index (χ0n) is 8.30. The first kappa shape index (κ1) is 10.1. The van der Waals surface area contributed by atoms with E-state index in [4.69, 9.17) is 10.5 Å². The Kier molecular flexibility index (Phi) is 2.94. The third-order valence-corrected chi connectivity index (χ3v) is 2.34. The molecule has 0 saturated carbocycles. The molecule has 0 aromatic carbocycles. The van der Waals surface area contributed by atoms with Gasteiger partial charge in [-0.15, -0.1) is 0 Å². The van der Waals surface area contributed by atoms with Crippen LogP contribution in [0.5, 0.6) is 0 Å². The first-order valence-corrected chi connectivity index (χ1v) is 4.84. The lowest BCUT2D eigenvalue weighted by Crippen LogP contribution is -2.53. The van der Waals surface area contributed by atoms with Crippen LogP contribution in [0.15, 0.2) is 24.4 Å². The lowest BCUT2D eigenvalue weighted by Gasteiger charge is -2.33. The standard InChI is InChI=1S/C10H13N3O2/c11-5-8-6-15-7-10(14)13(8)9-3-1-2-4-12-9/h1-4,8H,5-7,11H2. The molecule has 0 bridgehead atoms. The fourth-order valence-corrected chi connectivity index (χ4v) is 1.61. The molecule has 15 heavy (non-hydrogen) atoms. The van der Waals surface area contributed by atoms with Crippen LogP contribution in [-0.2, 0) is 9.53 Å². The average Bonchev–Trinajstić information content (AvgIpc) is 2.29. The van der Waals surface area contributed by atoms with Crippen molar-refractivity contribution in [1.82, 2.24) is 4.98 Å². The molecule has 0 spiro atoms. The van der Waals surface area contributed by atoms with Gasteiger partial charge in [-0.2, -0.15) is 0 Å². The number of nitrogens with zero attached hydrogens (tertiary/aromatic N) is 2. The predicted molar refractivity (Wildman–Crippen MR) is 55.4 cm³/mol. The number of hydrogen-bond acceptors (Lipinski definition) is 4. The molecule has 0 aliphatic carbocycles. The Hall–Kier alpha value is -1.46. The number of amides is 1. The van der Waals surface area contributed by atoms with Gasteiger partial charge >= 0.3 is 0 Å². The molecule has 1 aliphatic heterocycles. The Morgan fingerprint density at radius 3 is 3.13 bits per heavy atom. The van der Waals surface area contributed by atoms with Crippen molar-refractivity contribution in [1.29, 1.82) is 0 Å². The van der Waals surface area contributed by atoms with E-state index in [1.54, 1.807) is 17.2 Å². The van der Waals surface area contributed by atoms with Gasteiger partial charge in [0.1, 0.15) is 12.4 Å². The molecule has 1 aliphatic rings. The van der Waals surface area contributed by atoms with Crippen molar-refractivity contribution in [3.05, 3.63) is 24.4 Å². The van der Waals surface area contributed by atoms with Gasteiger partial charge in [-0.1, -0.05) is 6.07 Å². The topological polar surface area (TPSA) is 68.5 Å². The Labute approximate surface area is 87.8 Å². The van der Waals surface area contributed by atoms with E-state index in [9.17, 15) is 4.79 Å². The van der Waals surface area contributed by atoms with E-state index >= 15 is 0 Å². The highest BCUT2D eigenvalue weighted by Gasteiger charge is 2.29. The molecule has 1 amide bonds. The van der Waals surface area contributed by atoms with E-state index in [-0.39, 0.29) is 18.6 Å². The van der Waals surface area contributed by atoms with Crippen molar-refractivity contribution >= 4 is 11.7 Å². The third kappa shape index (κ3) is 1.98. The summed E-state index contributed by atoms with van der Waals surface area (Å²) in [5.41, 5.74) is 5.59. The number of anilines is 1. The zero-order chi connectivity index (χ0) is 10.7. The van der Waals surface area contributed by atoms with Gasteiger partial charge in [-0.3, -0.25) is 9.69 Å². The van der Waals surface area contributed by atoms with E-state index in [2.05, 4.69) is 4.98 Å². The van der Waals surface area contributed by atoms with E-state index in [0.29, 0.717) is 19.0 Å². The normalized spacial score (nSPS) is 21.8. The third-order valence-electron chi connectivity index (χ3n) is 2.34. The van der Waals surface area contributed by atoms with Crippen LogP contribution < -0.4 is 10.6 Å². The Morgan fingerprint density at radius 2 is 2.47 bits per heavy atom. The molecule has 5 nitrogen and oxygen atoms in total. The van der Waals surface area contributed by atoms with Gasteiger partial charge in [0.25, 0.3) is 5.91 Å². The molecule has 1 unspecified atom stereocenters. The maximum atomic E-state index is 11.7. The van der Waals surface area contributed by atoms with Gasteiger partial charge in [0, 0.05) is 12.7 Å². The van der Waals surface area contributed by atoms with Crippen LogP contribution in [0.25, 0.3) is 0 Å². The second-order valence-corrected chi connectivity index (χ2v) is 3.36. The van der Waals surface area contributed by atoms with Crippen molar-refractivity contribution in [2.45, 2.75) is 6.04 Å². The van der Waals surface area contributed by atoms with Crippen LogP contribution in [0.1, 0.15) is 0 Å². The van der Waals surface area contributed by atoms with E-state index < -0.39 is 0 Å². The number of carbonyl (C=O) groups is 1. The highest BCUT2D eigenvalue weighted by atomic mass is 16.5. The van der Waals surface area contributed by atoms with Crippen molar-refractivity contribution in [3.8, 4) is 0 Å².